The minimum Gasteiger partial charge on any atom is -0.383 e. The first-order valence-electron chi connectivity index (χ1n) is 6.45. The number of nitrogens with one attached hydrogen (secondary N) is 1. The molecule has 0 aliphatic rings. The monoisotopic (exact) mass is 393 g/mol. The summed E-state index contributed by atoms with van der Waals surface area (Å²) < 4.78 is 10.4. The van der Waals surface area contributed by atoms with Crippen LogP contribution >= 0.6 is 24.0 Å². The Bertz CT molecular complexity index is 400. The first-order valence-corrected chi connectivity index (χ1v) is 6.45. The van der Waals surface area contributed by atoms with Crippen molar-refractivity contribution in [3.8, 4) is 0 Å². The van der Waals surface area contributed by atoms with Crippen LogP contribution in [0.25, 0.3) is 0 Å². The minimum atomic E-state index is 0. The zero-order valence-electron chi connectivity index (χ0n) is 12.1. The second-order valence-electron chi connectivity index (χ2n) is 4.03. The van der Waals surface area contributed by atoms with Gasteiger partial charge < -0.3 is 20.5 Å². The van der Waals surface area contributed by atoms with Crippen LogP contribution in [0.4, 0.5) is 0 Å². The molecule has 6 heteroatoms. The number of ether oxygens (including phenoxy) is 2. The Morgan fingerprint density at radius 1 is 1.30 bits per heavy atom. The van der Waals surface area contributed by atoms with E-state index in [1.807, 2.05) is 25.1 Å². The summed E-state index contributed by atoms with van der Waals surface area (Å²) in [5.74, 6) is 0.434. The van der Waals surface area contributed by atoms with Gasteiger partial charge in [-0.25, -0.2) is 4.99 Å². The quantitative estimate of drug-likeness (QED) is 0.306. The number of nitrogens with zero attached hydrogens (tertiary/aromatic N) is 1. The second-order valence-corrected chi connectivity index (χ2v) is 4.03. The van der Waals surface area contributed by atoms with Gasteiger partial charge in [-0.2, -0.15) is 0 Å². The third-order valence-electron chi connectivity index (χ3n) is 2.61. The molecule has 0 fully saturated rings. The van der Waals surface area contributed by atoms with E-state index in [2.05, 4.69) is 16.4 Å². The number of hydrogen-bond acceptors (Lipinski definition) is 3. The Kier molecular flexibility index (Phi) is 11.4. The lowest BCUT2D eigenvalue weighted by Crippen LogP contribution is -2.34. The minimum absolute atomic E-state index is 0. The lowest BCUT2D eigenvalue weighted by Gasteiger charge is -2.08. The number of methoxy groups -OCH3 is 1. The predicted octanol–water partition coefficient (Wildman–Crippen LogP) is 1.89. The summed E-state index contributed by atoms with van der Waals surface area (Å²) in [6.45, 7) is 5.12. The Labute approximate surface area is 138 Å². The van der Waals surface area contributed by atoms with Crippen LogP contribution < -0.4 is 11.1 Å². The van der Waals surface area contributed by atoms with Gasteiger partial charge in [0.2, 0.25) is 0 Å². The molecule has 0 aromatic heterocycles. The smallest absolute Gasteiger partial charge is 0.188 e. The largest absolute Gasteiger partial charge is 0.383 e. The van der Waals surface area contributed by atoms with Gasteiger partial charge in [-0.1, -0.05) is 24.3 Å². The zero-order chi connectivity index (χ0) is 13.9. The van der Waals surface area contributed by atoms with Crippen molar-refractivity contribution in [1.82, 2.24) is 5.32 Å². The van der Waals surface area contributed by atoms with Crippen molar-refractivity contribution in [3.05, 3.63) is 35.4 Å². The van der Waals surface area contributed by atoms with Gasteiger partial charge in [0, 0.05) is 20.3 Å². The van der Waals surface area contributed by atoms with Crippen LogP contribution in [0.15, 0.2) is 29.3 Å². The highest BCUT2D eigenvalue weighted by atomic mass is 127. The summed E-state index contributed by atoms with van der Waals surface area (Å²) in [6.07, 6.45) is 0. The number of benzene rings is 1. The number of hydrogen-bond donors (Lipinski definition) is 2. The van der Waals surface area contributed by atoms with Crippen molar-refractivity contribution in [2.75, 3.05) is 26.9 Å². The third kappa shape index (κ3) is 7.66. The highest BCUT2D eigenvalue weighted by Gasteiger charge is 2.01. The van der Waals surface area contributed by atoms with Crippen molar-refractivity contribution in [3.63, 3.8) is 0 Å². The first kappa shape index (κ1) is 19.1. The normalized spacial score (nSPS) is 11.0. The molecule has 1 aromatic rings. The fraction of sp³-hybridized carbons (Fsp3) is 0.500. The molecule has 20 heavy (non-hydrogen) atoms. The third-order valence-corrected chi connectivity index (χ3v) is 2.61. The van der Waals surface area contributed by atoms with Gasteiger partial charge in [0.15, 0.2) is 5.96 Å². The Morgan fingerprint density at radius 3 is 2.65 bits per heavy atom. The lowest BCUT2D eigenvalue weighted by molar-refractivity contribution is 0.133. The topological polar surface area (TPSA) is 68.9 Å². The van der Waals surface area contributed by atoms with Crippen LogP contribution in [-0.2, 0) is 22.6 Å². The van der Waals surface area contributed by atoms with Crippen LogP contribution in [0.2, 0.25) is 0 Å². The highest BCUT2D eigenvalue weighted by molar-refractivity contribution is 14.0. The first-order chi connectivity index (χ1) is 9.27. The average Bonchev–Trinajstić information content (AvgIpc) is 2.44. The van der Waals surface area contributed by atoms with Crippen molar-refractivity contribution >= 4 is 29.9 Å². The Morgan fingerprint density at radius 2 is 2.00 bits per heavy atom. The maximum Gasteiger partial charge on any atom is 0.188 e. The fourth-order valence-corrected chi connectivity index (χ4v) is 1.57. The zero-order valence-corrected chi connectivity index (χ0v) is 14.4. The molecule has 0 spiro atoms. The van der Waals surface area contributed by atoms with Crippen molar-refractivity contribution in [1.29, 1.82) is 0 Å². The summed E-state index contributed by atoms with van der Waals surface area (Å²) in [6, 6.07) is 8.09. The van der Waals surface area contributed by atoms with E-state index in [9.17, 15) is 0 Å². The second kappa shape index (κ2) is 11.9. The van der Waals surface area contributed by atoms with Crippen molar-refractivity contribution in [2.45, 2.75) is 20.1 Å². The van der Waals surface area contributed by atoms with E-state index in [4.69, 9.17) is 15.2 Å². The number of rotatable bonds is 8. The summed E-state index contributed by atoms with van der Waals surface area (Å²) in [5, 5.41) is 2.99. The average molecular weight is 393 g/mol. The molecule has 0 radical (unpaired) electrons. The van der Waals surface area contributed by atoms with Crippen LogP contribution in [-0.4, -0.2) is 32.8 Å². The van der Waals surface area contributed by atoms with Gasteiger partial charge in [-0.15, -0.1) is 24.0 Å². The lowest BCUT2D eigenvalue weighted by atomic mass is 10.1. The molecule has 0 bridgehead atoms. The van der Waals surface area contributed by atoms with Crippen LogP contribution in [0, 0.1) is 0 Å². The molecule has 114 valence electrons. The molecular formula is C14H24IN3O2. The number of guanidine groups is 1. The molecular weight excluding hydrogens is 369 g/mol. The number of aliphatic imine (C=N–C) groups is 1. The summed E-state index contributed by atoms with van der Waals surface area (Å²) >= 11 is 0. The van der Waals surface area contributed by atoms with Crippen molar-refractivity contribution in [2.24, 2.45) is 10.7 Å². The van der Waals surface area contributed by atoms with Crippen molar-refractivity contribution < 1.29 is 9.47 Å². The van der Waals surface area contributed by atoms with Gasteiger partial charge in [0.25, 0.3) is 0 Å². The molecule has 0 aliphatic carbocycles. The van der Waals surface area contributed by atoms with Gasteiger partial charge in [-0.3, -0.25) is 0 Å². The molecule has 5 nitrogen and oxygen atoms in total. The van der Waals surface area contributed by atoms with Gasteiger partial charge in [-0.05, 0) is 18.1 Å². The van der Waals surface area contributed by atoms with Gasteiger partial charge >= 0.3 is 0 Å². The Hall–Kier alpha value is -0.860. The molecule has 0 atom stereocenters. The molecule has 0 saturated carbocycles. The number of nitrogens with two attached hydrogens (primary N) is 1. The number of halogens is 1. The van der Waals surface area contributed by atoms with E-state index < -0.39 is 0 Å². The van der Waals surface area contributed by atoms with Crippen LogP contribution in [0.1, 0.15) is 18.1 Å². The maximum atomic E-state index is 5.76. The molecule has 1 rings (SSSR count). The molecule has 0 amide bonds. The fourth-order valence-electron chi connectivity index (χ4n) is 1.57. The summed E-state index contributed by atoms with van der Waals surface area (Å²) in [4.78, 5) is 4.31. The molecule has 3 N–H and O–H groups in total. The molecule has 0 aliphatic heterocycles. The van der Waals surface area contributed by atoms with E-state index in [1.165, 1.54) is 0 Å². The molecule has 0 unspecified atom stereocenters. The van der Waals surface area contributed by atoms with E-state index in [0.717, 1.165) is 11.1 Å². The van der Waals surface area contributed by atoms with E-state index in [1.54, 1.807) is 7.11 Å². The van der Waals surface area contributed by atoms with Crippen LogP contribution in [0.5, 0.6) is 0 Å². The molecule has 0 heterocycles. The maximum absolute atomic E-state index is 5.76. The van der Waals surface area contributed by atoms with E-state index in [-0.39, 0.29) is 24.0 Å². The van der Waals surface area contributed by atoms with E-state index in [0.29, 0.717) is 38.9 Å². The summed E-state index contributed by atoms with van der Waals surface area (Å²) in [7, 11) is 1.65. The molecule has 0 saturated heterocycles. The Balaban J connectivity index is 0.00000361. The molecule has 1 aromatic carbocycles. The van der Waals surface area contributed by atoms with Crippen LogP contribution in [0.3, 0.4) is 0 Å². The highest BCUT2D eigenvalue weighted by Crippen LogP contribution is 2.11. The SMILES string of the molecule is CCOCc1ccccc1CN=C(N)NCCOC.I. The van der Waals surface area contributed by atoms with E-state index >= 15 is 0 Å². The standard InChI is InChI=1S/C14H23N3O2.HI/c1-3-19-11-13-7-5-4-6-12(13)10-17-14(15)16-8-9-18-2;/h4-7H,3,8-11H2,1-2H3,(H3,15,16,17);1H. The van der Waals surface area contributed by atoms with Gasteiger partial charge in [0.05, 0.1) is 19.8 Å². The predicted molar refractivity (Wildman–Crippen MR) is 92.4 cm³/mol. The van der Waals surface area contributed by atoms with Gasteiger partial charge in [0.1, 0.15) is 0 Å². The summed E-state index contributed by atoms with van der Waals surface area (Å²) in [5.41, 5.74) is 8.05.